The van der Waals surface area contributed by atoms with Crippen LogP contribution >= 0.6 is 15.9 Å². The number of para-hydroxylation sites is 1. The molecule has 1 aromatic carbocycles. The molecule has 0 fully saturated rings. The van der Waals surface area contributed by atoms with Gasteiger partial charge in [0, 0.05) is 0 Å². The summed E-state index contributed by atoms with van der Waals surface area (Å²) in [7, 11) is 0. The van der Waals surface area contributed by atoms with Crippen LogP contribution in [0.1, 0.15) is 0 Å². The van der Waals surface area contributed by atoms with Gasteiger partial charge in [-0.2, -0.15) is 9.37 Å². The number of anilines is 1. The number of hydrogen-bond acceptors (Lipinski definition) is 4. The van der Waals surface area contributed by atoms with Crippen molar-refractivity contribution < 1.29 is 9.13 Å². The van der Waals surface area contributed by atoms with Gasteiger partial charge in [-0.1, -0.05) is 12.1 Å². The summed E-state index contributed by atoms with van der Waals surface area (Å²) < 4.78 is 19.2. The molecule has 2 aromatic rings. The summed E-state index contributed by atoms with van der Waals surface area (Å²) in [6, 6.07) is 7.05. The van der Waals surface area contributed by atoms with Crippen LogP contribution in [0, 0.1) is 5.82 Å². The number of nitrogen functional groups attached to an aromatic ring is 1. The molecule has 1 aromatic heterocycles. The summed E-state index contributed by atoms with van der Waals surface area (Å²) in [5.41, 5.74) is 5.34. The molecule has 0 amide bonds. The third-order valence-electron chi connectivity index (χ3n) is 1.77. The molecule has 0 radical (unpaired) electrons. The second-order valence-electron chi connectivity index (χ2n) is 2.91. The Labute approximate surface area is 99.4 Å². The molecule has 0 aliphatic heterocycles. The first-order valence-corrected chi connectivity index (χ1v) is 5.16. The molecule has 0 atom stereocenters. The maximum absolute atomic E-state index is 13.3. The lowest BCUT2D eigenvalue weighted by Gasteiger charge is -2.07. The topological polar surface area (TPSA) is 61.0 Å². The molecule has 0 aliphatic carbocycles. The zero-order chi connectivity index (χ0) is 11.5. The quantitative estimate of drug-likeness (QED) is 0.921. The van der Waals surface area contributed by atoms with E-state index in [1.165, 1.54) is 0 Å². The van der Waals surface area contributed by atoms with Crippen molar-refractivity contribution in [2.45, 2.75) is 0 Å². The van der Waals surface area contributed by atoms with E-state index in [1.807, 2.05) is 6.07 Å². The van der Waals surface area contributed by atoms with Crippen LogP contribution in [0.25, 0.3) is 0 Å². The minimum absolute atomic E-state index is 0.0385. The molecule has 0 saturated carbocycles. The van der Waals surface area contributed by atoms with Crippen molar-refractivity contribution >= 4 is 21.9 Å². The van der Waals surface area contributed by atoms with E-state index in [4.69, 9.17) is 10.5 Å². The van der Waals surface area contributed by atoms with Crippen molar-refractivity contribution in [1.82, 2.24) is 9.97 Å². The zero-order valence-corrected chi connectivity index (χ0v) is 9.61. The Morgan fingerprint density at radius 3 is 2.81 bits per heavy atom. The Morgan fingerprint density at radius 2 is 2.06 bits per heavy atom. The van der Waals surface area contributed by atoms with Crippen molar-refractivity contribution in [2.24, 2.45) is 0 Å². The second-order valence-corrected chi connectivity index (χ2v) is 3.77. The number of aromatic nitrogens is 2. The summed E-state index contributed by atoms with van der Waals surface area (Å²) in [5.74, 6) is -0.438. The smallest absolute Gasteiger partial charge is 0.260 e. The van der Waals surface area contributed by atoms with E-state index < -0.39 is 5.82 Å². The van der Waals surface area contributed by atoms with Crippen LogP contribution in [-0.4, -0.2) is 9.97 Å². The number of halogens is 2. The first-order valence-electron chi connectivity index (χ1n) is 4.37. The molecule has 16 heavy (non-hydrogen) atoms. The van der Waals surface area contributed by atoms with Gasteiger partial charge >= 0.3 is 0 Å². The number of ether oxygens (including phenoxy) is 1. The van der Waals surface area contributed by atoms with Crippen molar-refractivity contribution in [3.05, 3.63) is 40.8 Å². The van der Waals surface area contributed by atoms with Gasteiger partial charge in [0.05, 0.1) is 10.7 Å². The fourth-order valence-corrected chi connectivity index (χ4v) is 1.43. The normalized spacial score (nSPS) is 10.1. The van der Waals surface area contributed by atoms with Gasteiger partial charge in [-0.15, -0.1) is 0 Å². The lowest BCUT2D eigenvalue weighted by atomic mass is 10.3. The van der Waals surface area contributed by atoms with Crippen molar-refractivity contribution in [1.29, 1.82) is 0 Å². The van der Waals surface area contributed by atoms with Crippen LogP contribution in [0.3, 0.4) is 0 Å². The third kappa shape index (κ3) is 2.27. The monoisotopic (exact) mass is 283 g/mol. The van der Waals surface area contributed by atoms with Gasteiger partial charge < -0.3 is 10.5 Å². The summed E-state index contributed by atoms with van der Waals surface area (Å²) in [5, 5.41) is 0. The molecule has 0 aliphatic rings. The Balaban J connectivity index is 2.34. The van der Waals surface area contributed by atoms with Crippen LogP contribution in [0.4, 0.5) is 10.3 Å². The minimum atomic E-state index is -0.662. The van der Waals surface area contributed by atoms with E-state index in [0.29, 0.717) is 10.2 Å². The Hall–Kier alpha value is -1.69. The number of hydrogen-bond donors (Lipinski definition) is 1. The van der Waals surface area contributed by atoms with Gasteiger partial charge in [0.1, 0.15) is 5.75 Å². The summed E-state index contributed by atoms with van der Waals surface area (Å²) in [6.07, 6.45) is 0.967. The van der Waals surface area contributed by atoms with Crippen LogP contribution in [0.15, 0.2) is 34.9 Å². The standard InChI is InChI=1S/C10H7BrFN3O/c11-6-3-1-2-4-8(6)16-9-7(12)5-14-10(13)15-9/h1-5H,(H2,13,14,15). The Kier molecular flexibility index (Phi) is 3.00. The van der Waals surface area contributed by atoms with Gasteiger partial charge in [-0.25, -0.2) is 4.98 Å². The average Bonchev–Trinajstić information content (AvgIpc) is 2.27. The number of benzene rings is 1. The van der Waals surface area contributed by atoms with E-state index in [0.717, 1.165) is 6.20 Å². The predicted molar refractivity (Wildman–Crippen MR) is 60.6 cm³/mol. The predicted octanol–water partition coefficient (Wildman–Crippen LogP) is 2.75. The highest BCUT2D eigenvalue weighted by molar-refractivity contribution is 9.10. The lowest BCUT2D eigenvalue weighted by Crippen LogP contribution is -1.99. The molecule has 4 nitrogen and oxygen atoms in total. The number of nitrogens with zero attached hydrogens (tertiary/aromatic N) is 2. The molecule has 0 saturated heterocycles. The SMILES string of the molecule is Nc1ncc(F)c(Oc2ccccc2Br)n1. The Morgan fingerprint density at radius 1 is 1.31 bits per heavy atom. The molecule has 0 bridgehead atoms. The van der Waals surface area contributed by atoms with Crippen LogP contribution in [0.2, 0.25) is 0 Å². The van der Waals surface area contributed by atoms with Crippen molar-refractivity contribution in [3.63, 3.8) is 0 Å². The zero-order valence-electron chi connectivity index (χ0n) is 8.02. The summed E-state index contributed by atoms with van der Waals surface area (Å²) in [6.45, 7) is 0. The fourth-order valence-electron chi connectivity index (χ4n) is 1.07. The maximum atomic E-state index is 13.3. The molecule has 0 unspecified atom stereocenters. The lowest BCUT2D eigenvalue weighted by molar-refractivity contribution is 0.419. The fraction of sp³-hybridized carbons (Fsp3) is 0. The van der Waals surface area contributed by atoms with Crippen LogP contribution in [-0.2, 0) is 0 Å². The Bertz CT molecular complexity index is 521. The van der Waals surface area contributed by atoms with E-state index in [2.05, 4.69) is 25.9 Å². The van der Waals surface area contributed by atoms with E-state index in [9.17, 15) is 4.39 Å². The van der Waals surface area contributed by atoms with Crippen LogP contribution in [0.5, 0.6) is 11.6 Å². The van der Waals surface area contributed by atoms with E-state index in [-0.39, 0.29) is 11.8 Å². The van der Waals surface area contributed by atoms with E-state index in [1.54, 1.807) is 18.2 Å². The van der Waals surface area contributed by atoms with Gasteiger partial charge in [0.2, 0.25) is 11.8 Å². The first kappa shape index (κ1) is 10.8. The summed E-state index contributed by atoms with van der Waals surface area (Å²) >= 11 is 3.27. The maximum Gasteiger partial charge on any atom is 0.260 e. The highest BCUT2D eigenvalue weighted by atomic mass is 79.9. The van der Waals surface area contributed by atoms with Gasteiger partial charge in [-0.05, 0) is 28.1 Å². The minimum Gasteiger partial charge on any atom is -0.435 e. The van der Waals surface area contributed by atoms with Gasteiger partial charge in [-0.3, -0.25) is 0 Å². The highest BCUT2D eigenvalue weighted by Gasteiger charge is 2.09. The van der Waals surface area contributed by atoms with Crippen molar-refractivity contribution in [2.75, 3.05) is 5.73 Å². The summed E-state index contributed by atoms with van der Waals surface area (Å²) in [4.78, 5) is 7.16. The van der Waals surface area contributed by atoms with Gasteiger partial charge in [0.15, 0.2) is 0 Å². The molecule has 0 spiro atoms. The van der Waals surface area contributed by atoms with Crippen LogP contribution < -0.4 is 10.5 Å². The van der Waals surface area contributed by atoms with E-state index >= 15 is 0 Å². The third-order valence-corrected chi connectivity index (χ3v) is 2.43. The van der Waals surface area contributed by atoms with Crippen molar-refractivity contribution in [3.8, 4) is 11.6 Å². The molecule has 2 N–H and O–H groups in total. The average molecular weight is 284 g/mol. The molecule has 82 valence electrons. The first-order chi connectivity index (χ1) is 7.66. The highest BCUT2D eigenvalue weighted by Crippen LogP contribution is 2.29. The molecular formula is C10H7BrFN3O. The molecular weight excluding hydrogens is 277 g/mol. The van der Waals surface area contributed by atoms with Gasteiger partial charge in [0.25, 0.3) is 5.88 Å². The molecule has 6 heteroatoms. The molecule has 2 rings (SSSR count). The number of nitrogens with two attached hydrogens (primary N) is 1. The number of rotatable bonds is 2. The molecule has 1 heterocycles. The second kappa shape index (κ2) is 4.44. The largest absolute Gasteiger partial charge is 0.435 e.